The molecule has 1 aliphatic rings. The van der Waals surface area contributed by atoms with Gasteiger partial charge in [-0.1, -0.05) is 43.8 Å². The first-order chi connectivity index (χ1) is 20.3. The second-order valence-corrected chi connectivity index (χ2v) is 10.3. The van der Waals surface area contributed by atoms with Gasteiger partial charge >= 0.3 is 0 Å². The molecule has 1 aromatic heterocycles. The Morgan fingerprint density at radius 3 is 2.33 bits per heavy atom. The summed E-state index contributed by atoms with van der Waals surface area (Å²) in [4.78, 5) is 65.4. The van der Waals surface area contributed by atoms with Gasteiger partial charge in [0.2, 0.25) is 29.4 Å². The minimum atomic E-state index is -0.579. The number of fused-ring (bicyclic) bond motifs is 1. The molecule has 1 aromatic carbocycles. The van der Waals surface area contributed by atoms with Gasteiger partial charge in [-0.25, -0.2) is 0 Å². The van der Waals surface area contributed by atoms with Crippen molar-refractivity contribution in [2.24, 2.45) is 0 Å². The summed E-state index contributed by atoms with van der Waals surface area (Å²) in [6.45, 7) is 7.12. The second-order valence-electron chi connectivity index (χ2n) is 9.99. The smallest absolute Gasteiger partial charge is 0.248 e. The molecule has 1 unspecified atom stereocenters. The maximum Gasteiger partial charge on any atom is 0.248 e. The maximum atomic E-state index is 13.7. The van der Waals surface area contributed by atoms with Gasteiger partial charge in [-0.05, 0) is 44.5 Å². The predicted molar refractivity (Wildman–Crippen MR) is 163 cm³/mol. The summed E-state index contributed by atoms with van der Waals surface area (Å²) in [6.07, 6.45) is 1.98. The number of ketones is 1. The maximum absolute atomic E-state index is 13.7. The van der Waals surface area contributed by atoms with Crippen LogP contribution < -0.4 is 21.3 Å². The summed E-state index contributed by atoms with van der Waals surface area (Å²) in [5, 5.41) is 11.0. The van der Waals surface area contributed by atoms with E-state index in [-0.39, 0.29) is 37.9 Å². The highest BCUT2D eigenvalue weighted by molar-refractivity contribution is 7.80. The number of benzene rings is 1. The van der Waals surface area contributed by atoms with Crippen molar-refractivity contribution in [3.05, 3.63) is 71.7 Å². The van der Waals surface area contributed by atoms with Gasteiger partial charge < -0.3 is 25.8 Å². The van der Waals surface area contributed by atoms with Gasteiger partial charge in [-0.15, -0.1) is 0 Å². The quantitative estimate of drug-likeness (QED) is 0.105. The molecule has 2 aromatic rings. The van der Waals surface area contributed by atoms with Crippen LogP contribution in [0, 0.1) is 0 Å². The van der Waals surface area contributed by atoms with Gasteiger partial charge in [0.1, 0.15) is 0 Å². The number of hydrogen-bond acceptors (Lipinski definition) is 8. The Morgan fingerprint density at radius 1 is 0.952 bits per heavy atom. The molecule has 0 fully saturated rings. The number of hydrogen-bond donors (Lipinski definition) is 5. The van der Waals surface area contributed by atoms with Crippen LogP contribution in [-0.2, 0) is 25.7 Å². The Kier molecular flexibility index (Phi) is 12.8. The average Bonchev–Trinajstić information content (AvgIpc) is 3.62. The van der Waals surface area contributed by atoms with Crippen molar-refractivity contribution < 1.29 is 24.0 Å². The van der Waals surface area contributed by atoms with Gasteiger partial charge in [-0.2, -0.15) is 12.6 Å². The van der Waals surface area contributed by atoms with E-state index in [1.165, 1.54) is 4.90 Å². The largest absolute Gasteiger partial charge is 0.379 e. The van der Waals surface area contributed by atoms with Gasteiger partial charge in [0.05, 0.1) is 31.2 Å². The second kappa shape index (κ2) is 16.5. The molecule has 1 aliphatic heterocycles. The van der Waals surface area contributed by atoms with Crippen molar-refractivity contribution in [2.75, 3.05) is 45.0 Å². The predicted octanol–water partition coefficient (Wildman–Crippen LogP) is 1.22. The van der Waals surface area contributed by atoms with E-state index in [1.807, 2.05) is 10.6 Å². The molecule has 12 heteroatoms. The van der Waals surface area contributed by atoms with Crippen molar-refractivity contribution >= 4 is 42.0 Å². The molecule has 1 atom stereocenters. The van der Waals surface area contributed by atoms with E-state index in [1.54, 1.807) is 36.4 Å². The third kappa shape index (κ3) is 9.05. The van der Waals surface area contributed by atoms with Crippen LogP contribution in [0.4, 0.5) is 0 Å². The minimum absolute atomic E-state index is 0.0538. The number of thiol groups is 1. The van der Waals surface area contributed by atoms with Crippen LogP contribution >= 0.6 is 12.6 Å². The van der Waals surface area contributed by atoms with Gasteiger partial charge in [0, 0.05) is 35.8 Å². The Balaban J connectivity index is 1.63. The molecule has 42 heavy (non-hydrogen) atoms. The molecule has 0 aliphatic carbocycles. The normalized spacial score (nSPS) is 13.6. The number of imide groups is 1. The van der Waals surface area contributed by atoms with Crippen molar-refractivity contribution in [3.63, 3.8) is 0 Å². The number of carbonyl (C=O) groups excluding carboxylic acids is 5. The lowest BCUT2D eigenvalue weighted by molar-refractivity contribution is -0.146. The van der Waals surface area contributed by atoms with Crippen LogP contribution in [-0.4, -0.2) is 83.9 Å². The molecule has 0 bridgehead atoms. The number of nitrogens with zero attached hydrogens (tertiary/aromatic N) is 2. The number of nitrogens with one attached hydrogen (secondary N) is 4. The molecular formula is C30H40N6O5S. The third-order valence-corrected chi connectivity index (χ3v) is 7.26. The minimum Gasteiger partial charge on any atom is -0.379 e. The fourth-order valence-corrected chi connectivity index (χ4v) is 4.79. The van der Waals surface area contributed by atoms with Gasteiger partial charge in [0.25, 0.3) is 0 Å². The number of amides is 4. The van der Waals surface area contributed by atoms with Crippen LogP contribution in [0.25, 0.3) is 0 Å². The Bertz CT molecular complexity index is 1280. The zero-order valence-corrected chi connectivity index (χ0v) is 24.9. The number of aromatic nitrogens is 1. The highest BCUT2D eigenvalue weighted by atomic mass is 32.1. The fraction of sp³-hybridized carbons (Fsp3) is 0.433. The summed E-state index contributed by atoms with van der Waals surface area (Å²) in [6, 6.07) is 12.5. The summed E-state index contributed by atoms with van der Waals surface area (Å²) in [7, 11) is 0. The molecule has 2 heterocycles. The summed E-state index contributed by atoms with van der Waals surface area (Å²) >= 11 is 4.05. The van der Waals surface area contributed by atoms with Crippen LogP contribution in [0.2, 0.25) is 0 Å². The van der Waals surface area contributed by atoms with Crippen molar-refractivity contribution in [3.8, 4) is 0 Å². The summed E-state index contributed by atoms with van der Waals surface area (Å²) in [5.41, 5.74) is 2.34. The molecular weight excluding hydrogens is 556 g/mol. The monoisotopic (exact) mass is 596 g/mol. The van der Waals surface area contributed by atoms with Crippen molar-refractivity contribution in [1.82, 2.24) is 30.7 Å². The first kappa shape index (κ1) is 32.6. The van der Waals surface area contributed by atoms with E-state index < -0.39 is 23.6 Å². The molecule has 0 radical (unpaired) electrons. The third-order valence-electron chi connectivity index (χ3n) is 6.88. The van der Waals surface area contributed by atoms with Crippen LogP contribution in [0.3, 0.4) is 0 Å². The summed E-state index contributed by atoms with van der Waals surface area (Å²) in [5.74, 6) is -2.19. The van der Waals surface area contributed by atoms with E-state index >= 15 is 0 Å². The number of rotatable bonds is 17. The van der Waals surface area contributed by atoms with E-state index in [9.17, 15) is 24.0 Å². The Morgan fingerprint density at radius 2 is 1.64 bits per heavy atom. The lowest BCUT2D eigenvalue weighted by Crippen LogP contribution is -2.48. The van der Waals surface area contributed by atoms with Gasteiger partial charge in [0.15, 0.2) is 0 Å². The van der Waals surface area contributed by atoms with E-state index in [4.69, 9.17) is 0 Å². The highest BCUT2D eigenvalue weighted by Crippen LogP contribution is 2.33. The van der Waals surface area contributed by atoms with Gasteiger partial charge in [-0.3, -0.25) is 28.9 Å². The Labute approximate surface area is 251 Å². The lowest BCUT2D eigenvalue weighted by Gasteiger charge is -2.24. The molecule has 0 saturated heterocycles. The lowest BCUT2D eigenvalue weighted by atomic mass is 10.0. The molecule has 0 spiro atoms. The first-order valence-electron chi connectivity index (χ1n) is 14.2. The fourth-order valence-electron chi connectivity index (χ4n) is 4.67. The zero-order chi connectivity index (χ0) is 30.5. The number of carbonyl (C=O) groups is 5. The molecule has 3 rings (SSSR count). The molecule has 4 N–H and O–H groups in total. The highest BCUT2D eigenvalue weighted by Gasteiger charge is 2.36. The van der Waals surface area contributed by atoms with Crippen LogP contribution in [0.1, 0.15) is 53.8 Å². The SMILES string of the molecule is C=C(CS)NCC(=O)NCC(=O)NCC(=O)N(CCCNCCC)C(=O)C1CCn2c(C(=O)c3ccccc3)ccc21. The molecule has 0 saturated carbocycles. The average molecular weight is 597 g/mol. The van der Waals surface area contributed by atoms with Crippen molar-refractivity contribution in [1.29, 1.82) is 0 Å². The molecule has 4 amide bonds. The van der Waals surface area contributed by atoms with E-state index in [0.29, 0.717) is 54.3 Å². The standard InChI is InChI=1S/C30H40N6O5S/c1-3-13-31-14-7-15-36(28(39)19-34-27(38)18-33-26(37)17-32-21(2)20-42)30(41)23-12-16-35-24(23)10-11-25(35)29(40)22-8-5-4-6-9-22/h4-6,8-11,23,31-32,42H,2-3,7,12-20H2,1H3,(H,33,37)(H,34,38). The Hall–Kier alpha value is -3.90. The van der Waals surface area contributed by atoms with Crippen LogP contribution in [0.15, 0.2) is 54.7 Å². The van der Waals surface area contributed by atoms with Crippen LogP contribution in [0.5, 0.6) is 0 Å². The molecule has 11 nitrogen and oxygen atoms in total. The van der Waals surface area contributed by atoms with E-state index in [2.05, 4.69) is 47.4 Å². The topological polar surface area (TPSA) is 142 Å². The van der Waals surface area contributed by atoms with Crippen molar-refractivity contribution in [2.45, 2.75) is 38.6 Å². The van der Waals surface area contributed by atoms with E-state index in [0.717, 1.165) is 13.0 Å². The zero-order valence-electron chi connectivity index (χ0n) is 24.0. The molecule has 226 valence electrons. The summed E-state index contributed by atoms with van der Waals surface area (Å²) < 4.78 is 1.86. The first-order valence-corrected chi connectivity index (χ1v) is 14.8.